The van der Waals surface area contributed by atoms with Gasteiger partial charge in [0.1, 0.15) is 0 Å². The summed E-state index contributed by atoms with van der Waals surface area (Å²) in [5, 5.41) is 2.27. The van der Waals surface area contributed by atoms with Crippen LogP contribution in [0.25, 0.3) is 67.3 Å². The van der Waals surface area contributed by atoms with Gasteiger partial charge in [-0.1, -0.05) is 103 Å². The molecule has 0 amide bonds. The van der Waals surface area contributed by atoms with E-state index >= 15 is 0 Å². The quantitative estimate of drug-likeness (QED) is 0.169. The Bertz CT molecular complexity index is 1890. The minimum atomic E-state index is 0. The first-order valence-corrected chi connectivity index (χ1v) is 13.2. The predicted octanol–water partition coefficient (Wildman–Crippen LogP) is 8.55. The monoisotopic (exact) mass is 704 g/mol. The average Bonchev–Trinajstić information content (AvgIpc) is 3.05. The maximum absolute atomic E-state index is 4.90. The smallest absolute Gasteiger partial charge is 0.164 e. The Labute approximate surface area is 252 Å². The number of fused-ring (bicyclic) bond motifs is 1. The summed E-state index contributed by atoms with van der Waals surface area (Å²) in [6.07, 6.45) is 1.86. The van der Waals surface area contributed by atoms with Crippen molar-refractivity contribution in [3.05, 3.63) is 146 Å². The van der Waals surface area contributed by atoms with Gasteiger partial charge >= 0.3 is 0 Å². The summed E-state index contributed by atoms with van der Waals surface area (Å²) in [4.78, 5) is 19.3. The number of benzene rings is 5. The fourth-order valence-electron chi connectivity index (χ4n) is 4.89. The molecule has 0 aliphatic heterocycles. The van der Waals surface area contributed by atoms with Crippen LogP contribution < -0.4 is 0 Å². The fraction of sp³-hybridized carbons (Fsp3) is 0. The summed E-state index contributed by atoms with van der Waals surface area (Å²) in [5.41, 5.74) is 6.84. The van der Waals surface area contributed by atoms with Crippen LogP contribution in [0.2, 0.25) is 0 Å². The summed E-state index contributed by atoms with van der Waals surface area (Å²) < 4.78 is 0. The Hall–Kier alpha value is -4.83. The average molecular weight is 704 g/mol. The van der Waals surface area contributed by atoms with Crippen molar-refractivity contribution in [1.82, 2.24) is 19.9 Å². The van der Waals surface area contributed by atoms with E-state index in [1.54, 1.807) is 0 Å². The largest absolute Gasteiger partial charge is 0.304 e. The van der Waals surface area contributed by atoms with Gasteiger partial charge in [0, 0.05) is 43.0 Å². The van der Waals surface area contributed by atoms with Crippen LogP contribution in [0.1, 0.15) is 0 Å². The molecule has 197 valence electrons. The predicted molar refractivity (Wildman–Crippen MR) is 161 cm³/mol. The van der Waals surface area contributed by atoms with Crippen LogP contribution in [0, 0.1) is 6.07 Å². The molecular weight excluding hydrogens is 681 g/mol. The minimum absolute atomic E-state index is 0. The first-order valence-electron chi connectivity index (χ1n) is 13.2. The standard InChI is InChI=1S/C36H23N4.Ir/c1-3-12-26(13-4-1)34-38-35(27-14-5-2-6-15-27)40-36(39-34)31-19-10-17-29(24-31)28-16-9-18-30(23-28)33-32-20-8-7-11-25(32)21-22-37-33;/h1-17,19-24H;/q-1;. The molecule has 2 heterocycles. The molecule has 0 aliphatic rings. The van der Waals surface area contributed by atoms with Crippen molar-refractivity contribution in [1.29, 1.82) is 0 Å². The van der Waals surface area contributed by atoms with Crippen LogP contribution in [0.4, 0.5) is 0 Å². The third-order valence-corrected chi connectivity index (χ3v) is 6.88. The van der Waals surface area contributed by atoms with Gasteiger partial charge in [-0.15, -0.1) is 35.4 Å². The van der Waals surface area contributed by atoms with Gasteiger partial charge in [-0.25, -0.2) is 15.0 Å². The van der Waals surface area contributed by atoms with Crippen LogP contribution in [0.15, 0.2) is 140 Å². The first kappa shape index (κ1) is 26.4. The minimum Gasteiger partial charge on any atom is -0.304 e. The molecule has 0 saturated heterocycles. The Morgan fingerprint density at radius 1 is 0.463 bits per heavy atom. The van der Waals surface area contributed by atoms with E-state index in [1.165, 1.54) is 0 Å². The number of pyridine rings is 1. The normalized spacial score (nSPS) is 10.7. The van der Waals surface area contributed by atoms with E-state index < -0.39 is 0 Å². The number of hydrogen-bond acceptors (Lipinski definition) is 4. The van der Waals surface area contributed by atoms with Crippen LogP contribution >= 0.6 is 0 Å². The van der Waals surface area contributed by atoms with Crippen molar-refractivity contribution < 1.29 is 20.1 Å². The van der Waals surface area contributed by atoms with Gasteiger partial charge in [0.2, 0.25) is 0 Å². The molecule has 0 spiro atoms. The van der Waals surface area contributed by atoms with Crippen LogP contribution in [0.3, 0.4) is 0 Å². The van der Waals surface area contributed by atoms with E-state index in [-0.39, 0.29) is 20.1 Å². The Morgan fingerprint density at radius 3 is 1.73 bits per heavy atom. The van der Waals surface area contributed by atoms with Crippen molar-refractivity contribution in [3.63, 3.8) is 0 Å². The van der Waals surface area contributed by atoms with Crippen molar-refractivity contribution >= 4 is 10.8 Å². The molecule has 5 aromatic carbocycles. The molecule has 7 rings (SSSR count). The zero-order valence-corrected chi connectivity index (χ0v) is 24.3. The molecule has 1 radical (unpaired) electrons. The van der Waals surface area contributed by atoms with Gasteiger partial charge in [0.25, 0.3) is 0 Å². The number of hydrogen-bond donors (Lipinski definition) is 0. The van der Waals surface area contributed by atoms with Crippen molar-refractivity contribution in [2.24, 2.45) is 0 Å². The van der Waals surface area contributed by atoms with E-state index in [0.717, 1.165) is 49.8 Å². The summed E-state index contributed by atoms with van der Waals surface area (Å²) in [6.45, 7) is 0. The molecule has 0 fully saturated rings. The summed E-state index contributed by atoms with van der Waals surface area (Å²) >= 11 is 0. The molecule has 0 bridgehead atoms. The number of nitrogens with zero attached hydrogens (tertiary/aromatic N) is 4. The Kier molecular flexibility index (Phi) is 7.55. The molecule has 0 atom stereocenters. The van der Waals surface area contributed by atoms with Gasteiger partial charge < -0.3 is 4.98 Å². The van der Waals surface area contributed by atoms with Gasteiger partial charge in [0.15, 0.2) is 17.5 Å². The fourth-order valence-corrected chi connectivity index (χ4v) is 4.89. The number of aromatic nitrogens is 4. The van der Waals surface area contributed by atoms with E-state index in [4.69, 9.17) is 19.9 Å². The summed E-state index contributed by atoms with van der Waals surface area (Å²) in [6, 6.07) is 48.3. The van der Waals surface area contributed by atoms with E-state index in [9.17, 15) is 0 Å². The van der Waals surface area contributed by atoms with E-state index in [2.05, 4.69) is 42.5 Å². The second kappa shape index (κ2) is 11.7. The van der Waals surface area contributed by atoms with Gasteiger partial charge in [-0.3, -0.25) is 0 Å². The topological polar surface area (TPSA) is 51.6 Å². The van der Waals surface area contributed by atoms with Crippen molar-refractivity contribution in [2.45, 2.75) is 0 Å². The van der Waals surface area contributed by atoms with Gasteiger partial charge in [-0.2, -0.15) is 0 Å². The second-order valence-corrected chi connectivity index (χ2v) is 9.49. The van der Waals surface area contributed by atoms with E-state index in [1.807, 2.05) is 103 Å². The van der Waals surface area contributed by atoms with Gasteiger partial charge in [-0.05, 0) is 34.2 Å². The molecule has 0 N–H and O–H groups in total. The van der Waals surface area contributed by atoms with Gasteiger partial charge in [0.05, 0.1) is 0 Å². The Balaban J connectivity index is 0.00000302. The molecule has 0 unspecified atom stereocenters. The van der Waals surface area contributed by atoms with E-state index in [0.29, 0.717) is 17.5 Å². The zero-order valence-electron chi connectivity index (χ0n) is 21.9. The molecule has 0 saturated carbocycles. The molecule has 7 aromatic rings. The summed E-state index contributed by atoms with van der Waals surface area (Å²) in [5.74, 6) is 1.93. The molecule has 4 nitrogen and oxygen atoms in total. The van der Waals surface area contributed by atoms with Crippen molar-refractivity contribution in [2.75, 3.05) is 0 Å². The third kappa shape index (κ3) is 5.46. The zero-order chi connectivity index (χ0) is 26.7. The van der Waals surface area contributed by atoms with Crippen LogP contribution in [0.5, 0.6) is 0 Å². The second-order valence-electron chi connectivity index (χ2n) is 9.49. The SMILES string of the molecule is [Ir].[c-]1ccc(-c2cccc(-c3nc(-c4ccccc4)nc(-c4ccccc4)n3)c2)cc1-c1nccc2ccccc12. The van der Waals surface area contributed by atoms with Crippen molar-refractivity contribution in [3.8, 4) is 56.5 Å². The molecule has 2 aromatic heterocycles. The van der Waals surface area contributed by atoms with Crippen LogP contribution in [-0.4, -0.2) is 19.9 Å². The molecular formula is C36H23IrN4-. The number of rotatable bonds is 5. The third-order valence-electron chi connectivity index (χ3n) is 6.88. The molecule has 0 aliphatic carbocycles. The maximum Gasteiger partial charge on any atom is 0.164 e. The molecule has 5 heteroatoms. The Morgan fingerprint density at radius 2 is 1.02 bits per heavy atom. The molecule has 41 heavy (non-hydrogen) atoms. The maximum atomic E-state index is 4.90. The van der Waals surface area contributed by atoms with Crippen LogP contribution in [-0.2, 0) is 20.1 Å². The summed E-state index contributed by atoms with van der Waals surface area (Å²) in [7, 11) is 0. The first-order chi connectivity index (χ1) is 19.8.